The molecule has 0 bridgehead atoms. The minimum absolute atomic E-state index is 0.103. The summed E-state index contributed by atoms with van der Waals surface area (Å²) in [5.74, 6) is -1.43. The molecule has 57 heavy (non-hydrogen) atoms. The number of hydrogen-bond donors (Lipinski definition) is 5. The Morgan fingerprint density at radius 2 is 1.86 bits per heavy atom. The van der Waals surface area contributed by atoms with E-state index in [1.54, 1.807) is 12.3 Å². The summed E-state index contributed by atoms with van der Waals surface area (Å²) in [6, 6.07) is 18.6. The molecule has 1 amide bonds. The Kier molecular flexibility index (Phi) is 12.7. The molecule has 3 aromatic heterocycles. The number of aliphatic hydroxyl groups is 1. The summed E-state index contributed by atoms with van der Waals surface area (Å²) < 4.78 is 8.19. The highest BCUT2D eigenvalue weighted by molar-refractivity contribution is 6.36. The van der Waals surface area contributed by atoms with Crippen LogP contribution in [0.1, 0.15) is 29.5 Å². The average molecular weight is 808 g/mol. The van der Waals surface area contributed by atoms with Gasteiger partial charge in [0.25, 0.3) is 0 Å². The molecule has 0 spiro atoms. The molecule has 5 aromatic rings. The Labute approximate surface area is 339 Å². The van der Waals surface area contributed by atoms with Crippen LogP contribution in [-0.2, 0) is 34.0 Å². The van der Waals surface area contributed by atoms with Crippen molar-refractivity contribution in [1.82, 2.24) is 35.7 Å². The van der Waals surface area contributed by atoms with Crippen LogP contribution in [0.4, 0.5) is 0 Å². The number of nitriles is 1. The lowest BCUT2D eigenvalue weighted by atomic mass is 9.92. The second kappa shape index (κ2) is 18.2. The molecule has 2 aliphatic rings. The third kappa shape index (κ3) is 9.40. The predicted octanol–water partition coefficient (Wildman–Crippen LogP) is 5.35. The van der Waals surface area contributed by atoms with Gasteiger partial charge >= 0.3 is 5.97 Å². The fourth-order valence-electron chi connectivity index (χ4n) is 7.07. The standard InChI is InChI=1S/C42H40Cl2N8O5/c43-35-12-28(19-49-37(23-53)42(55)56)39(57-24-27-11-26(14-45)16-46-17-27)13-29(35)22-52-38-6-2-3-31(34(38)21-50-52)32-4-1-5-33(41(32)44)36-9-7-25(18-48-36)15-47-20-30-8-10-40(54)51-30/h1-7,9,11-13,16-18,21,28,30,37,39,47,49,53H,8,10,15,19-20,22-24H2,(H,51,54)(H,55,56)/t28?,30-,37-,39?/m0/s1. The number of aliphatic carboxylic acids is 1. The Bertz CT molecular complexity index is 2370. The van der Waals surface area contributed by atoms with Crippen molar-refractivity contribution >= 4 is 46.0 Å². The number of ether oxygens (including phenoxy) is 1. The number of carbonyl (C=O) groups is 2. The maximum Gasteiger partial charge on any atom is 0.323 e. The van der Waals surface area contributed by atoms with Gasteiger partial charge in [-0.15, -0.1) is 0 Å². The van der Waals surface area contributed by atoms with Gasteiger partial charge in [0.1, 0.15) is 12.1 Å². The number of nitrogens with zero attached hydrogens (tertiary/aromatic N) is 5. The van der Waals surface area contributed by atoms with Crippen LogP contribution in [0.15, 0.2) is 102 Å². The normalized spacial score (nSPS) is 18.5. The third-order valence-electron chi connectivity index (χ3n) is 10.1. The summed E-state index contributed by atoms with van der Waals surface area (Å²) in [6.07, 6.45) is 11.4. The number of hydrogen-bond acceptors (Lipinski definition) is 10. The van der Waals surface area contributed by atoms with E-state index in [-0.39, 0.29) is 31.0 Å². The van der Waals surface area contributed by atoms with Crippen molar-refractivity contribution in [1.29, 1.82) is 5.26 Å². The number of allylic oxidation sites excluding steroid dienone is 2. The van der Waals surface area contributed by atoms with Crippen LogP contribution in [0.25, 0.3) is 33.3 Å². The van der Waals surface area contributed by atoms with Crippen LogP contribution in [0.3, 0.4) is 0 Å². The minimum Gasteiger partial charge on any atom is -0.480 e. The molecule has 0 saturated carbocycles. The molecule has 292 valence electrons. The number of halogens is 2. The summed E-state index contributed by atoms with van der Waals surface area (Å²) in [7, 11) is 0. The van der Waals surface area contributed by atoms with E-state index < -0.39 is 24.7 Å². The van der Waals surface area contributed by atoms with Gasteiger partial charge < -0.3 is 30.9 Å². The van der Waals surface area contributed by atoms with Crippen molar-refractivity contribution in [2.45, 2.75) is 50.7 Å². The summed E-state index contributed by atoms with van der Waals surface area (Å²) in [6.45, 7) is 1.40. The van der Waals surface area contributed by atoms with E-state index in [9.17, 15) is 25.1 Å². The summed E-state index contributed by atoms with van der Waals surface area (Å²) >= 11 is 14.0. The van der Waals surface area contributed by atoms with E-state index in [2.05, 4.69) is 27.0 Å². The molecule has 5 N–H and O–H groups in total. The Morgan fingerprint density at radius 1 is 1.04 bits per heavy atom. The van der Waals surface area contributed by atoms with E-state index >= 15 is 0 Å². The second-order valence-corrected chi connectivity index (χ2v) is 14.8. The van der Waals surface area contributed by atoms with Gasteiger partial charge in [0, 0.05) is 78.2 Å². The molecule has 4 atom stereocenters. The summed E-state index contributed by atoms with van der Waals surface area (Å²) in [5.41, 5.74) is 7.04. The monoisotopic (exact) mass is 806 g/mol. The molecule has 15 heteroatoms. The van der Waals surface area contributed by atoms with Gasteiger partial charge in [0.05, 0.1) is 53.9 Å². The number of carboxylic acid groups (broad SMARTS) is 1. The van der Waals surface area contributed by atoms with Gasteiger partial charge in [0.2, 0.25) is 5.91 Å². The van der Waals surface area contributed by atoms with E-state index in [1.165, 1.54) is 6.20 Å². The number of carbonyl (C=O) groups excluding carboxylic acids is 1. The lowest BCUT2D eigenvalue weighted by molar-refractivity contribution is -0.140. The van der Waals surface area contributed by atoms with Gasteiger partial charge in [-0.3, -0.25) is 24.2 Å². The molecule has 4 heterocycles. The zero-order valence-electron chi connectivity index (χ0n) is 30.7. The van der Waals surface area contributed by atoms with Crippen LogP contribution in [0.5, 0.6) is 0 Å². The number of aromatic nitrogens is 4. The summed E-state index contributed by atoms with van der Waals surface area (Å²) in [4.78, 5) is 31.9. The van der Waals surface area contributed by atoms with E-state index in [4.69, 9.17) is 38.0 Å². The highest BCUT2D eigenvalue weighted by Crippen LogP contribution is 2.39. The molecular formula is C42H40Cl2N8O5. The maximum atomic E-state index is 11.6. The fourth-order valence-corrected chi connectivity index (χ4v) is 7.68. The highest BCUT2D eigenvalue weighted by Gasteiger charge is 2.28. The molecule has 2 unspecified atom stereocenters. The van der Waals surface area contributed by atoms with Crippen molar-refractivity contribution in [3.63, 3.8) is 0 Å². The van der Waals surface area contributed by atoms with Gasteiger partial charge in [-0.1, -0.05) is 65.7 Å². The van der Waals surface area contributed by atoms with Crippen LogP contribution in [0.2, 0.25) is 5.02 Å². The predicted molar refractivity (Wildman–Crippen MR) is 216 cm³/mol. The van der Waals surface area contributed by atoms with Crippen molar-refractivity contribution in [2.24, 2.45) is 5.92 Å². The first-order valence-electron chi connectivity index (χ1n) is 18.5. The number of benzene rings is 2. The number of nitrogens with one attached hydrogen (secondary N) is 3. The van der Waals surface area contributed by atoms with Gasteiger partial charge in [-0.2, -0.15) is 10.4 Å². The molecular weight excluding hydrogens is 767 g/mol. The first-order valence-corrected chi connectivity index (χ1v) is 19.3. The number of pyridine rings is 2. The zero-order valence-corrected chi connectivity index (χ0v) is 32.2. The Hall–Kier alpha value is -5.46. The fraction of sp³-hybridized carbons (Fsp3) is 0.286. The van der Waals surface area contributed by atoms with E-state index in [0.717, 1.165) is 50.8 Å². The topological polar surface area (TPSA) is 187 Å². The van der Waals surface area contributed by atoms with Crippen molar-refractivity contribution in [3.8, 4) is 28.5 Å². The summed E-state index contributed by atoms with van der Waals surface area (Å²) in [5, 5.41) is 44.3. The van der Waals surface area contributed by atoms with Crippen molar-refractivity contribution in [2.75, 3.05) is 19.7 Å². The van der Waals surface area contributed by atoms with Crippen molar-refractivity contribution < 1.29 is 24.5 Å². The molecule has 1 aliphatic carbocycles. The Balaban J connectivity index is 1.10. The van der Waals surface area contributed by atoms with E-state index in [0.29, 0.717) is 47.2 Å². The lowest BCUT2D eigenvalue weighted by Crippen LogP contribution is -2.44. The van der Waals surface area contributed by atoms with Gasteiger partial charge in [-0.25, -0.2) is 0 Å². The maximum absolute atomic E-state index is 11.6. The zero-order chi connectivity index (χ0) is 39.9. The first-order chi connectivity index (χ1) is 27.7. The number of carboxylic acids is 1. The minimum atomic E-state index is -1.17. The number of aliphatic hydroxyl groups excluding tert-OH is 1. The van der Waals surface area contributed by atoms with Crippen LogP contribution in [0, 0.1) is 17.2 Å². The van der Waals surface area contributed by atoms with E-state index in [1.807, 2.05) is 77.8 Å². The first kappa shape index (κ1) is 39.8. The Morgan fingerprint density at radius 3 is 2.61 bits per heavy atom. The largest absolute Gasteiger partial charge is 0.480 e. The molecule has 13 nitrogen and oxygen atoms in total. The molecule has 1 aliphatic heterocycles. The van der Waals surface area contributed by atoms with Gasteiger partial charge in [0.15, 0.2) is 0 Å². The molecule has 7 rings (SSSR count). The van der Waals surface area contributed by atoms with Crippen molar-refractivity contribution in [3.05, 3.63) is 124 Å². The number of rotatable bonds is 16. The van der Waals surface area contributed by atoms with Crippen LogP contribution >= 0.6 is 23.2 Å². The number of amides is 1. The smallest absolute Gasteiger partial charge is 0.323 e. The average Bonchev–Trinajstić information content (AvgIpc) is 3.84. The molecule has 2 aromatic carbocycles. The lowest BCUT2D eigenvalue weighted by Gasteiger charge is -2.29. The van der Waals surface area contributed by atoms with Crippen LogP contribution < -0.4 is 16.0 Å². The molecule has 0 radical (unpaired) electrons. The third-order valence-corrected chi connectivity index (χ3v) is 10.9. The quantitative estimate of drug-likeness (QED) is 0.0865. The SMILES string of the molecule is N#Cc1cncc(COC2C=C(Cn3ncc4c(-c5cccc(-c6ccc(CNC[C@@H]7CCC(=O)N7)cn6)c5Cl)cccc43)C(Cl)=CC2CN[C@@H](CO)C(=O)O)c1. The highest BCUT2D eigenvalue weighted by atomic mass is 35.5. The van der Waals surface area contributed by atoms with Crippen LogP contribution in [-0.4, -0.2) is 79.7 Å². The molecule has 1 fully saturated rings. The number of fused-ring (bicyclic) bond motifs is 1. The van der Waals surface area contributed by atoms with Gasteiger partial charge in [-0.05, 0) is 53.0 Å². The second-order valence-electron chi connectivity index (χ2n) is 14.0. The molecule has 1 saturated heterocycles.